The third-order valence-corrected chi connectivity index (χ3v) is 4.06. The van der Waals surface area contributed by atoms with Gasteiger partial charge in [-0.25, -0.2) is 0 Å². The predicted octanol–water partition coefficient (Wildman–Crippen LogP) is 2.12. The lowest BCUT2D eigenvalue weighted by Crippen LogP contribution is -2.43. The van der Waals surface area contributed by atoms with Crippen molar-refractivity contribution >= 4 is 13.5 Å². The van der Waals surface area contributed by atoms with Crippen molar-refractivity contribution in [1.29, 1.82) is 0 Å². The summed E-state index contributed by atoms with van der Waals surface area (Å²) in [7, 11) is -0.693. The minimum Gasteiger partial charge on any atom is -0.337 e. The van der Waals surface area contributed by atoms with Crippen LogP contribution in [-0.2, 0) is 18.4 Å². The average Bonchev–Trinajstić information content (AvgIpc) is 2.16. The van der Waals surface area contributed by atoms with Crippen LogP contribution in [0.5, 0.6) is 0 Å². The number of carbonyl (C=O) groups is 1. The number of hydrogen-bond donors (Lipinski definition) is 0. The van der Waals surface area contributed by atoms with E-state index >= 15 is 0 Å². The van der Waals surface area contributed by atoms with Crippen LogP contribution in [-0.4, -0.2) is 43.3 Å². The highest BCUT2D eigenvalue weighted by molar-refractivity contribution is 7.54. The van der Waals surface area contributed by atoms with E-state index in [1.54, 1.807) is 4.90 Å². The fourth-order valence-electron chi connectivity index (χ4n) is 1.62. The topological polar surface area (TPSA) is 55.8 Å². The van der Waals surface area contributed by atoms with Gasteiger partial charge in [-0.15, -0.1) is 0 Å². The zero-order valence-electron chi connectivity index (χ0n) is 10.9. The molecule has 0 N–H and O–H groups in total. The van der Waals surface area contributed by atoms with Crippen molar-refractivity contribution in [2.75, 3.05) is 20.4 Å². The summed E-state index contributed by atoms with van der Waals surface area (Å²) in [5, 5.41) is 0. The summed E-state index contributed by atoms with van der Waals surface area (Å²) >= 11 is 0. The molecule has 0 heterocycles. The van der Waals surface area contributed by atoms with Gasteiger partial charge >= 0.3 is 7.60 Å². The molecule has 0 bridgehead atoms. The number of rotatable bonds is 6. The first-order chi connectivity index (χ1) is 7.27. The Kier molecular flexibility index (Phi) is 6.23. The maximum absolute atomic E-state index is 12.0. The van der Waals surface area contributed by atoms with Crippen LogP contribution in [0, 0.1) is 0 Å². The van der Waals surface area contributed by atoms with Crippen LogP contribution in [0.25, 0.3) is 0 Å². The van der Waals surface area contributed by atoms with Crippen molar-refractivity contribution < 1.29 is 18.4 Å². The lowest BCUT2D eigenvalue weighted by molar-refractivity contribution is -0.132. The monoisotopic (exact) mass is 251 g/mol. The number of amides is 1. The van der Waals surface area contributed by atoms with Gasteiger partial charge in [0.2, 0.25) is 5.91 Å². The van der Waals surface area contributed by atoms with Crippen LogP contribution < -0.4 is 0 Å². The molecule has 0 atom stereocenters. The quantitative estimate of drug-likeness (QED) is 0.678. The van der Waals surface area contributed by atoms with Crippen molar-refractivity contribution in [2.24, 2.45) is 0 Å². The molecule has 0 spiro atoms. The molecule has 0 rings (SSSR count). The summed E-state index contributed by atoms with van der Waals surface area (Å²) in [6.07, 6.45) is -0.212. The Bertz CT molecular complexity index is 262. The largest absolute Gasteiger partial charge is 0.339 e. The van der Waals surface area contributed by atoms with E-state index in [2.05, 4.69) is 0 Å². The van der Waals surface area contributed by atoms with Crippen molar-refractivity contribution in [3.8, 4) is 0 Å². The van der Waals surface area contributed by atoms with Crippen LogP contribution in [0.2, 0.25) is 0 Å². The summed E-state index contributed by atoms with van der Waals surface area (Å²) in [5.74, 6) is -0.211. The van der Waals surface area contributed by atoms with Gasteiger partial charge < -0.3 is 13.9 Å². The molecule has 0 unspecified atom stereocenters. The summed E-state index contributed by atoms with van der Waals surface area (Å²) in [4.78, 5) is 13.6. The lowest BCUT2D eigenvalue weighted by atomic mass is 10.2. The molecule has 0 aliphatic heterocycles. The Hall–Kier alpha value is -0.380. The van der Waals surface area contributed by atoms with E-state index in [0.717, 1.165) is 0 Å². The van der Waals surface area contributed by atoms with Crippen molar-refractivity contribution in [2.45, 2.75) is 39.8 Å². The molecular formula is C10H22NO4P. The highest BCUT2D eigenvalue weighted by atomic mass is 31.2. The maximum Gasteiger partial charge on any atom is 0.339 e. The molecule has 0 aromatic carbocycles. The van der Waals surface area contributed by atoms with E-state index in [0.29, 0.717) is 0 Å². The number of nitrogens with zero attached hydrogens (tertiary/aromatic N) is 1. The van der Waals surface area contributed by atoms with Gasteiger partial charge in [0.15, 0.2) is 0 Å². The molecule has 0 saturated heterocycles. The molecule has 0 aliphatic carbocycles. The van der Waals surface area contributed by atoms with Crippen LogP contribution in [0.15, 0.2) is 0 Å². The highest BCUT2D eigenvalue weighted by Crippen LogP contribution is 2.46. The minimum atomic E-state index is -3.26. The summed E-state index contributed by atoms with van der Waals surface area (Å²) in [6.45, 7) is 7.68. The van der Waals surface area contributed by atoms with Gasteiger partial charge in [0.05, 0.1) is 0 Å². The van der Waals surface area contributed by atoms with Gasteiger partial charge in [-0.2, -0.15) is 0 Å². The molecule has 0 saturated carbocycles. The predicted molar refractivity (Wildman–Crippen MR) is 63.6 cm³/mol. The van der Waals surface area contributed by atoms with Crippen LogP contribution in [0.1, 0.15) is 27.7 Å². The van der Waals surface area contributed by atoms with Crippen LogP contribution >= 0.6 is 7.60 Å². The van der Waals surface area contributed by atoms with Crippen LogP contribution in [0.3, 0.4) is 0 Å². The van der Waals surface area contributed by atoms with Crippen molar-refractivity contribution in [3.63, 3.8) is 0 Å². The SMILES string of the molecule is COP(=O)(CC(=O)N(C(C)C)C(C)C)OC. The summed E-state index contributed by atoms with van der Waals surface area (Å²) in [6, 6.07) is 0.129. The fraction of sp³-hybridized carbons (Fsp3) is 0.900. The standard InChI is InChI=1S/C10H22NO4P/c1-8(2)11(9(3)4)10(12)7-16(13,14-5)15-6/h8-9H,7H2,1-6H3. The smallest absolute Gasteiger partial charge is 0.337 e. The second kappa shape index (κ2) is 6.38. The lowest BCUT2D eigenvalue weighted by Gasteiger charge is -2.31. The fourth-order valence-corrected chi connectivity index (χ4v) is 2.53. The van der Waals surface area contributed by atoms with Crippen molar-refractivity contribution in [3.05, 3.63) is 0 Å². The zero-order valence-corrected chi connectivity index (χ0v) is 11.8. The van der Waals surface area contributed by atoms with Gasteiger partial charge in [-0.1, -0.05) is 0 Å². The van der Waals surface area contributed by atoms with Crippen molar-refractivity contribution in [1.82, 2.24) is 4.90 Å². The Balaban J connectivity index is 4.72. The third kappa shape index (κ3) is 4.24. The Morgan fingerprint density at radius 3 is 1.75 bits per heavy atom. The van der Waals surface area contributed by atoms with Gasteiger partial charge in [0, 0.05) is 26.3 Å². The molecule has 0 aliphatic rings. The second-order valence-corrected chi connectivity index (χ2v) is 6.39. The molecule has 16 heavy (non-hydrogen) atoms. The molecule has 6 heteroatoms. The van der Waals surface area contributed by atoms with Gasteiger partial charge in [0.1, 0.15) is 6.16 Å². The second-order valence-electron chi connectivity index (χ2n) is 4.12. The molecule has 0 radical (unpaired) electrons. The zero-order chi connectivity index (χ0) is 12.9. The Morgan fingerprint density at radius 2 is 1.50 bits per heavy atom. The van der Waals surface area contributed by atoms with E-state index < -0.39 is 7.60 Å². The number of hydrogen-bond acceptors (Lipinski definition) is 4. The minimum absolute atomic E-state index is 0.0645. The third-order valence-electron chi connectivity index (χ3n) is 2.29. The Labute approximate surface area is 97.6 Å². The molecule has 0 aromatic rings. The molecule has 96 valence electrons. The van der Waals surface area contributed by atoms with E-state index in [-0.39, 0.29) is 24.2 Å². The van der Waals surface area contributed by atoms with Gasteiger partial charge in [-0.3, -0.25) is 9.36 Å². The number of carbonyl (C=O) groups excluding carboxylic acids is 1. The van der Waals surface area contributed by atoms with Gasteiger partial charge in [0.25, 0.3) is 0 Å². The Morgan fingerprint density at radius 1 is 1.12 bits per heavy atom. The first kappa shape index (κ1) is 15.6. The average molecular weight is 251 g/mol. The van der Waals surface area contributed by atoms with Crippen LogP contribution in [0.4, 0.5) is 0 Å². The maximum atomic E-state index is 12.0. The summed E-state index contributed by atoms with van der Waals surface area (Å²) < 4.78 is 21.3. The molecule has 0 fully saturated rings. The first-order valence-corrected chi connectivity index (χ1v) is 7.02. The van der Waals surface area contributed by atoms with Gasteiger partial charge in [-0.05, 0) is 27.7 Å². The molecule has 0 aromatic heterocycles. The first-order valence-electron chi connectivity index (χ1n) is 5.29. The van der Waals surface area contributed by atoms with E-state index in [1.807, 2.05) is 27.7 Å². The van der Waals surface area contributed by atoms with E-state index in [9.17, 15) is 9.36 Å². The van der Waals surface area contributed by atoms with E-state index in [4.69, 9.17) is 9.05 Å². The summed E-state index contributed by atoms with van der Waals surface area (Å²) in [5.41, 5.74) is 0. The molecular weight excluding hydrogens is 229 g/mol. The normalized spacial score (nSPS) is 12.2. The highest BCUT2D eigenvalue weighted by Gasteiger charge is 2.30. The van der Waals surface area contributed by atoms with E-state index in [1.165, 1.54) is 14.2 Å². The molecule has 1 amide bonds. The molecule has 5 nitrogen and oxygen atoms in total.